The van der Waals surface area contributed by atoms with Gasteiger partial charge in [-0.2, -0.15) is 0 Å². The van der Waals surface area contributed by atoms with Gasteiger partial charge >= 0.3 is 11.9 Å². The van der Waals surface area contributed by atoms with Crippen LogP contribution in [0.2, 0.25) is 20.1 Å². The molecule has 0 aliphatic rings. The molecule has 2 N–H and O–H groups in total. The second-order valence-corrected chi connectivity index (χ2v) is 4.94. The lowest BCUT2D eigenvalue weighted by Crippen LogP contribution is -1.92. The number of carboxylic acid groups (broad SMARTS) is 2. The van der Waals surface area contributed by atoms with Gasteiger partial charge in [0, 0.05) is 23.3 Å². The Morgan fingerprint density at radius 3 is 1.15 bits per heavy atom. The molecule has 0 fully saturated rings. The van der Waals surface area contributed by atoms with Gasteiger partial charge in [0.1, 0.15) is 0 Å². The average molecular weight is 356 g/mol. The van der Waals surface area contributed by atoms with Gasteiger partial charge in [0.15, 0.2) is 0 Å². The molecule has 0 saturated carbocycles. The van der Waals surface area contributed by atoms with Crippen LogP contribution in [-0.2, 0) is 9.59 Å². The number of halogens is 4. The minimum Gasteiger partial charge on any atom is -0.478 e. The van der Waals surface area contributed by atoms with Crippen molar-refractivity contribution in [1.29, 1.82) is 0 Å². The van der Waals surface area contributed by atoms with E-state index in [4.69, 9.17) is 56.6 Å². The number of carboxylic acids is 2. The molecule has 0 atom stereocenters. The van der Waals surface area contributed by atoms with Crippen LogP contribution in [0.4, 0.5) is 0 Å². The van der Waals surface area contributed by atoms with E-state index in [9.17, 15) is 9.59 Å². The highest BCUT2D eigenvalue weighted by Gasteiger charge is 2.17. The van der Waals surface area contributed by atoms with E-state index in [2.05, 4.69) is 0 Å². The zero-order valence-electron chi connectivity index (χ0n) is 9.53. The smallest absolute Gasteiger partial charge is 0.328 e. The predicted octanol–water partition coefficient (Wildman–Crippen LogP) is 4.50. The first-order valence-electron chi connectivity index (χ1n) is 4.93. The quantitative estimate of drug-likeness (QED) is 0.616. The summed E-state index contributed by atoms with van der Waals surface area (Å²) in [6, 6.07) is 0. The maximum atomic E-state index is 10.5. The summed E-state index contributed by atoms with van der Waals surface area (Å²) in [7, 11) is 0. The van der Waals surface area contributed by atoms with Crippen LogP contribution in [0.1, 0.15) is 11.1 Å². The van der Waals surface area contributed by atoms with Gasteiger partial charge in [0.05, 0.1) is 20.1 Å². The summed E-state index contributed by atoms with van der Waals surface area (Å²) in [6.45, 7) is 0. The van der Waals surface area contributed by atoms with Gasteiger partial charge in [0.25, 0.3) is 0 Å². The number of hydrogen-bond donors (Lipinski definition) is 2. The maximum absolute atomic E-state index is 10.5. The van der Waals surface area contributed by atoms with Gasteiger partial charge in [0.2, 0.25) is 0 Å². The fourth-order valence-electron chi connectivity index (χ4n) is 1.27. The molecule has 1 aromatic rings. The Morgan fingerprint density at radius 2 is 0.950 bits per heavy atom. The summed E-state index contributed by atoms with van der Waals surface area (Å²) in [5.41, 5.74) is 0.274. The first kappa shape index (κ1) is 16.9. The molecule has 0 amide bonds. The van der Waals surface area contributed by atoms with E-state index in [1.807, 2.05) is 0 Å². The molecule has 0 heterocycles. The third kappa shape index (κ3) is 3.90. The van der Waals surface area contributed by atoms with Crippen molar-refractivity contribution < 1.29 is 19.8 Å². The summed E-state index contributed by atoms with van der Waals surface area (Å²) in [6.07, 6.45) is 3.95. The fraction of sp³-hybridized carbons (Fsp3) is 0. The number of hydrogen-bond acceptors (Lipinski definition) is 2. The van der Waals surface area contributed by atoms with E-state index in [1.54, 1.807) is 0 Å². The van der Waals surface area contributed by atoms with E-state index >= 15 is 0 Å². The normalized spacial score (nSPS) is 11.4. The molecule has 20 heavy (non-hydrogen) atoms. The van der Waals surface area contributed by atoms with Gasteiger partial charge in [-0.15, -0.1) is 0 Å². The topological polar surface area (TPSA) is 74.6 Å². The molecule has 0 saturated heterocycles. The van der Waals surface area contributed by atoms with Crippen molar-refractivity contribution >= 4 is 70.5 Å². The van der Waals surface area contributed by atoms with Crippen LogP contribution in [0.15, 0.2) is 12.2 Å². The molecule has 0 unspecified atom stereocenters. The van der Waals surface area contributed by atoms with Crippen molar-refractivity contribution in [1.82, 2.24) is 0 Å². The summed E-state index contributed by atoms with van der Waals surface area (Å²) in [5.74, 6) is -2.39. The van der Waals surface area contributed by atoms with Crippen molar-refractivity contribution in [2.24, 2.45) is 0 Å². The van der Waals surface area contributed by atoms with Crippen LogP contribution in [0.25, 0.3) is 12.2 Å². The van der Waals surface area contributed by atoms with Gasteiger partial charge in [-0.1, -0.05) is 46.4 Å². The number of aliphatic carboxylic acids is 2. The van der Waals surface area contributed by atoms with E-state index in [0.29, 0.717) is 0 Å². The monoisotopic (exact) mass is 354 g/mol. The van der Waals surface area contributed by atoms with Crippen molar-refractivity contribution in [2.75, 3.05) is 0 Å². The van der Waals surface area contributed by atoms with Crippen LogP contribution >= 0.6 is 46.4 Å². The van der Waals surface area contributed by atoms with Crippen LogP contribution < -0.4 is 0 Å². The second kappa shape index (κ2) is 6.99. The van der Waals surface area contributed by atoms with Crippen LogP contribution in [-0.4, -0.2) is 22.2 Å². The average Bonchev–Trinajstić information content (AvgIpc) is 2.35. The summed E-state index contributed by atoms with van der Waals surface area (Å²) < 4.78 is 0. The minimum absolute atomic E-state index is 0.0244. The number of benzene rings is 1. The van der Waals surface area contributed by atoms with E-state index < -0.39 is 11.9 Å². The molecule has 0 spiro atoms. The Balaban J connectivity index is 3.49. The highest BCUT2D eigenvalue weighted by atomic mass is 35.5. The predicted molar refractivity (Wildman–Crippen MR) is 79.8 cm³/mol. The van der Waals surface area contributed by atoms with Gasteiger partial charge in [-0.25, -0.2) is 9.59 Å². The largest absolute Gasteiger partial charge is 0.478 e. The molecule has 0 aromatic heterocycles. The number of carbonyl (C=O) groups is 2. The lowest BCUT2D eigenvalue weighted by Gasteiger charge is -2.11. The highest BCUT2D eigenvalue weighted by molar-refractivity contribution is 6.50. The summed E-state index contributed by atoms with van der Waals surface area (Å²) in [4.78, 5) is 21.0. The Kier molecular flexibility index (Phi) is 5.89. The molecular formula is C12H6Cl4O4. The molecule has 1 aromatic carbocycles. The fourth-order valence-corrected chi connectivity index (χ4v) is 2.40. The van der Waals surface area contributed by atoms with Crippen LogP contribution in [0, 0.1) is 0 Å². The summed E-state index contributed by atoms with van der Waals surface area (Å²) in [5, 5.41) is 17.1. The van der Waals surface area contributed by atoms with Gasteiger partial charge in [-0.05, 0) is 12.2 Å². The standard InChI is InChI=1S/C12H6Cl4O4/c13-9-5(1-3-7(17)18)10(14)12(16)6(11(9)15)2-4-8(19)20/h1-4H,(H,17,18)(H,19,20). The molecule has 8 heteroatoms. The lowest BCUT2D eigenvalue weighted by atomic mass is 10.1. The summed E-state index contributed by atoms with van der Waals surface area (Å²) >= 11 is 23.9. The SMILES string of the molecule is O=C(O)C=Cc1c(Cl)c(Cl)c(C=CC(=O)O)c(Cl)c1Cl. The first-order chi connectivity index (χ1) is 9.25. The third-order valence-electron chi connectivity index (χ3n) is 2.12. The van der Waals surface area contributed by atoms with E-state index in [1.165, 1.54) is 0 Å². The Bertz CT molecular complexity index is 551. The van der Waals surface area contributed by atoms with Gasteiger partial charge in [-0.3, -0.25) is 0 Å². The van der Waals surface area contributed by atoms with Gasteiger partial charge < -0.3 is 10.2 Å². The zero-order chi connectivity index (χ0) is 15.4. The molecule has 4 nitrogen and oxygen atoms in total. The van der Waals surface area contributed by atoms with Crippen molar-refractivity contribution in [2.45, 2.75) is 0 Å². The Morgan fingerprint density at radius 1 is 0.700 bits per heavy atom. The molecule has 0 radical (unpaired) electrons. The minimum atomic E-state index is -1.20. The molecule has 1 rings (SSSR count). The van der Waals surface area contributed by atoms with Crippen LogP contribution in [0.3, 0.4) is 0 Å². The Hall–Kier alpha value is -1.20. The maximum Gasteiger partial charge on any atom is 0.328 e. The molecule has 0 aliphatic heterocycles. The van der Waals surface area contributed by atoms with E-state index in [-0.39, 0.29) is 31.2 Å². The molecule has 0 bridgehead atoms. The molecule has 0 aliphatic carbocycles. The highest BCUT2D eigenvalue weighted by Crippen LogP contribution is 2.42. The zero-order valence-corrected chi connectivity index (χ0v) is 12.6. The second-order valence-electron chi connectivity index (χ2n) is 3.43. The number of rotatable bonds is 4. The molecule has 106 valence electrons. The van der Waals surface area contributed by atoms with Crippen LogP contribution in [0.5, 0.6) is 0 Å². The Labute approximate surface area is 133 Å². The van der Waals surface area contributed by atoms with E-state index in [0.717, 1.165) is 24.3 Å². The first-order valence-corrected chi connectivity index (χ1v) is 6.44. The van der Waals surface area contributed by atoms with Crippen molar-refractivity contribution in [3.05, 3.63) is 43.4 Å². The van der Waals surface area contributed by atoms with Crippen molar-refractivity contribution in [3.8, 4) is 0 Å². The third-order valence-corrected chi connectivity index (χ3v) is 3.88. The lowest BCUT2D eigenvalue weighted by molar-refractivity contribution is -0.132. The molecular weight excluding hydrogens is 350 g/mol. The van der Waals surface area contributed by atoms with Crippen molar-refractivity contribution in [3.63, 3.8) is 0 Å².